The lowest BCUT2D eigenvalue weighted by Crippen LogP contribution is -2.28. The van der Waals surface area contributed by atoms with Gasteiger partial charge in [0.1, 0.15) is 0 Å². The van der Waals surface area contributed by atoms with Gasteiger partial charge in [0.2, 0.25) is 5.91 Å². The van der Waals surface area contributed by atoms with Crippen LogP contribution in [0, 0.1) is 13.8 Å². The second-order valence-corrected chi connectivity index (χ2v) is 6.80. The summed E-state index contributed by atoms with van der Waals surface area (Å²) in [5, 5.41) is 4.08. The first-order valence-corrected chi connectivity index (χ1v) is 8.61. The van der Waals surface area contributed by atoms with Crippen molar-refractivity contribution in [3.63, 3.8) is 0 Å². The van der Waals surface area contributed by atoms with Gasteiger partial charge in [-0.05, 0) is 85.2 Å². The van der Waals surface area contributed by atoms with Gasteiger partial charge in [0.05, 0.1) is 0 Å². The molecule has 0 aliphatic carbocycles. The van der Waals surface area contributed by atoms with Gasteiger partial charge in [-0.1, -0.05) is 18.2 Å². The second kappa shape index (κ2) is 6.98. The van der Waals surface area contributed by atoms with E-state index in [0.29, 0.717) is 0 Å². The lowest BCUT2D eigenvalue weighted by atomic mass is 9.94. The smallest absolute Gasteiger partial charge is 0.244 e. The Labute approximate surface area is 148 Å². The van der Waals surface area contributed by atoms with Gasteiger partial charge >= 0.3 is 0 Å². The number of benzene rings is 2. The van der Waals surface area contributed by atoms with E-state index in [1.54, 1.807) is 6.08 Å². The van der Waals surface area contributed by atoms with Crippen molar-refractivity contribution in [1.29, 1.82) is 0 Å². The molecule has 3 rings (SSSR count). The van der Waals surface area contributed by atoms with Crippen LogP contribution in [0.1, 0.15) is 30.5 Å². The minimum atomic E-state index is -0.0611. The van der Waals surface area contributed by atoms with Crippen LogP contribution in [-0.4, -0.2) is 16.9 Å². The topological polar surface area (TPSA) is 44.9 Å². The number of amides is 1. The molecule has 0 radical (unpaired) electrons. The van der Waals surface area contributed by atoms with Gasteiger partial charge in [-0.3, -0.25) is 4.79 Å². The number of nitrogens with one attached hydrogen (secondary N) is 2. The Morgan fingerprint density at radius 1 is 1.08 bits per heavy atom. The summed E-state index contributed by atoms with van der Waals surface area (Å²) in [5.41, 5.74) is 7.01. The maximum Gasteiger partial charge on any atom is 0.244 e. The van der Waals surface area contributed by atoms with Crippen LogP contribution in [-0.2, 0) is 4.79 Å². The molecule has 128 valence electrons. The van der Waals surface area contributed by atoms with Crippen LogP contribution in [0.4, 0.5) is 0 Å². The number of rotatable bonds is 4. The van der Waals surface area contributed by atoms with Crippen molar-refractivity contribution in [2.75, 3.05) is 0 Å². The Bertz CT molecular complexity index is 948. The van der Waals surface area contributed by atoms with Gasteiger partial charge in [-0.15, -0.1) is 0 Å². The maximum absolute atomic E-state index is 11.8. The maximum atomic E-state index is 11.8. The van der Waals surface area contributed by atoms with E-state index in [4.69, 9.17) is 0 Å². The van der Waals surface area contributed by atoms with Gasteiger partial charge in [-0.25, -0.2) is 0 Å². The molecule has 2 N–H and O–H groups in total. The average molecular weight is 332 g/mol. The molecule has 1 amide bonds. The molecule has 3 aromatic rings. The van der Waals surface area contributed by atoms with E-state index in [1.807, 2.05) is 26.1 Å². The molecule has 2 aromatic carbocycles. The van der Waals surface area contributed by atoms with E-state index in [2.05, 4.69) is 60.5 Å². The SMILES string of the molecule is Cc1cc(-c2ccc3[nH]ccc3c2)c(C)cc1C=CC(=O)NC(C)C. The standard InChI is InChI=1S/C22H24N2O/c1-14(2)24-22(25)8-6-17-11-16(4)20(12-15(17)3)18-5-7-21-19(13-18)9-10-23-21/h5-14,23H,1-4H3,(H,24,25). The highest BCUT2D eigenvalue weighted by Gasteiger charge is 2.07. The zero-order valence-electron chi connectivity index (χ0n) is 15.2. The first kappa shape index (κ1) is 17.0. The summed E-state index contributed by atoms with van der Waals surface area (Å²) in [6.45, 7) is 8.11. The molecular weight excluding hydrogens is 308 g/mol. The summed E-state index contributed by atoms with van der Waals surface area (Å²) in [6, 6.07) is 13.0. The second-order valence-electron chi connectivity index (χ2n) is 6.80. The number of aromatic nitrogens is 1. The van der Waals surface area contributed by atoms with Gasteiger partial charge in [0.15, 0.2) is 0 Å². The highest BCUT2D eigenvalue weighted by Crippen LogP contribution is 2.29. The first-order chi connectivity index (χ1) is 11.9. The molecule has 0 spiro atoms. The predicted molar refractivity (Wildman–Crippen MR) is 106 cm³/mol. The van der Waals surface area contributed by atoms with Crippen molar-refractivity contribution in [3.8, 4) is 11.1 Å². The Kier molecular flexibility index (Phi) is 4.75. The Balaban J connectivity index is 1.92. The third-order valence-electron chi connectivity index (χ3n) is 4.32. The lowest BCUT2D eigenvalue weighted by molar-refractivity contribution is -0.116. The summed E-state index contributed by atoms with van der Waals surface area (Å²) >= 11 is 0. The number of carbonyl (C=O) groups is 1. The average Bonchev–Trinajstić information content (AvgIpc) is 3.02. The lowest BCUT2D eigenvalue weighted by Gasteiger charge is -2.11. The third kappa shape index (κ3) is 3.82. The van der Waals surface area contributed by atoms with Gasteiger partial charge in [0, 0.05) is 23.8 Å². The molecule has 3 nitrogen and oxygen atoms in total. The van der Waals surface area contributed by atoms with Crippen LogP contribution in [0.5, 0.6) is 0 Å². The van der Waals surface area contributed by atoms with E-state index in [0.717, 1.165) is 16.6 Å². The van der Waals surface area contributed by atoms with Crippen molar-refractivity contribution in [3.05, 3.63) is 65.4 Å². The number of H-pyrrole nitrogens is 1. The molecular formula is C22H24N2O. The molecule has 0 bridgehead atoms. The molecule has 1 aromatic heterocycles. The number of aromatic amines is 1. The van der Waals surface area contributed by atoms with E-state index >= 15 is 0 Å². The molecule has 3 heteroatoms. The van der Waals surface area contributed by atoms with E-state index in [1.165, 1.54) is 22.1 Å². The molecule has 0 atom stereocenters. The zero-order valence-corrected chi connectivity index (χ0v) is 15.2. The zero-order chi connectivity index (χ0) is 18.0. The number of aryl methyl sites for hydroxylation is 2. The minimum absolute atomic E-state index is 0.0611. The first-order valence-electron chi connectivity index (χ1n) is 8.61. The quantitative estimate of drug-likeness (QED) is 0.650. The van der Waals surface area contributed by atoms with Crippen LogP contribution >= 0.6 is 0 Å². The fourth-order valence-corrected chi connectivity index (χ4v) is 3.05. The number of hydrogen-bond donors (Lipinski definition) is 2. The molecule has 0 saturated heterocycles. The summed E-state index contributed by atoms with van der Waals surface area (Å²) in [7, 11) is 0. The normalized spacial score (nSPS) is 11.6. The third-order valence-corrected chi connectivity index (χ3v) is 4.32. The van der Waals surface area contributed by atoms with Crippen LogP contribution in [0.2, 0.25) is 0 Å². The molecule has 0 unspecified atom stereocenters. The number of hydrogen-bond acceptors (Lipinski definition) is 1. The summed E-state index contributed by atoms with van der Waals surface area (Å²) in [4.78, 5) is 15.0. The highest BCUT2D eigenvalue weighted by molar-refractivity contribution is 5.92. The summed E-state index contributed by atoms with van der Waals surface area (Å²) < 4.78 is 0. The van der Waals surface area contributed by atoms with Crippen molar-refractivity contribution in [2.24, 2.45) is 0 Å². The Hall–Kier alpha value is -2.81. The predicted octanol–water partition coefficient (Wildman–Crippen LogP) is 4.99. The van der Waals surface area contributed by atoms with Crippen molar-refractivity contribution in [2.45, 2.75) is 33.7 Å². The largest absolute Gasteiger partial charge is 0.361 e. The Morgan fingerprint density at radius 3 is 2.64 bits per heavy atom. The fraction of sp³-hybridized carbons (Fsp3) is 0.227. The van der Waals surface area contributed by atoms with E-state index in [-0.39, 0.29) is 11.9 Å². The van der Waals surface area contributed by atoms with Crippen molar-refractivity contribution < 1.29 is 4.79 Å². The fourth-order valence-electron chi connectivity index (χ4n) is 3.05. The summed E-state index contributed by atoms with van der Waals surface area (Å²) in [5.74, 6) is -0.0611. The highest BCUT2D eigenvalue weighted by atomic mass is 16.1. The molecule has 0 aliphatic heterocycles. The van der Waals surface area contributed by atoms with Crippen LogP contribution in [0.3, 0.4) is 0 Å². The van der Waals surface area contributed by atoms with Gasteiger partial charge < -0.3 is 10.3 Å². The number of fused-ring (bicyclic) bond motifs is 1. The molecule has 1 heterocycles. The van der Waals surface area contributed by atoms with Crippen molar-refractivity contribution in [1.82, 2.24) is 10.3 Å². The van der Waals surface area contributed by atoms with E-state index in [9.17, 15) is 4.79 Å². The van der Waals surface area contributed by atoms with E-state index < -0.39 is 0 Å². The summed E-state index contributed by atoms with van der Waals surface area (Å²) in [6.07, 6.45) is 5.45. The molecule has 0 fully saturated rings. The van der Waals surface area contributed by atoms with Crippen LogP contribution in [0.15, 0.2) is 48.7 Å². The molecule has 0 aliphatic rings. The number of carbonyl (C=O) groups excluding carboxylic acids is 1. The molecule has 25 heavy (non-hydrogen) atoms. The van der Waals surface area contributed by atoms with Crippen LogP contribution in [0.25, 0.3) is 28.1 Å². The van der Waals surface area contributed by atoms with Crippen molar-refractivity contribution >= 4 is 22.9 Å². The Morgan fingerprint density at radius 2 is 1.88 bits per heavy atom. The van der Waals surface area contributed by atoms with Gasteiger partial charge in [-0.2, -0.15) is 0 Å². The minimum Gasteiger partial charge on any atom is -0.361 e. The van der Waals surface area contributed by atoms with Gasteiger partial charge in [0.25, 0.3) is 0 Å². The van der Waals surface area contributed by atoms with Crippen LogP contribution < -0.4 is 5.32 Å². The monoisotopic (exact) mass is 332 g/mol. The molecule has 0 saturated carbocycles.